The number of ether oxygens (including phenoxy) is 1. The van der Waals surface area contributed by atoms with Crippen molar-refractivity contribution in [2.75, 3.05) is 39.4 Å². The molecule has 3 aromatic heterocycles. The number of fused-ring (bicyclic) bond motifs is 1. The number of nitrogens with zero attached hydrogens (tertiary/aromatic N) is 4. The number of carbonyl (C=O) groups is 2. The predicted octanol–water partition coefficient (Wildman–Crippen LogP) is 2.38. The van der Waals surface area contributed by atoms with Crippen LogP contribution in [0.1, 0.15) is 29.6 Å². The smallest absolute Gasteiger partial charge is 0.295 e. The number of hydrogen-bond donors (Lipinski definition) is 1. The van der Waals surface area contributed by atoms with E-state index in [1.807, 2.05) is 18.2 Å². The van der Waals surface area contributed by atoms with E-state index in [1.165, 1.54) is 11.2 Å². The van der Waals surface area contributed by atoms with Crippen molar-refractivity contribution in [3.63, 3.8) is 0 Å². The van der Waals surface area contributed by atoms with Crippen LogP contribution in [0.15, 0.2) is 52.8 Å². The topological polar surface area (TPSA) is 101 Å². The molecule has 9 heteroatoms. The molecule has 5 heterocycles. The molecule has 172 valence electrons. The number of aromatic nitrogens is 2. The molecule has 33 heavy (non-hydrogen) atoms. The Morgan fingerprint density at radius 3 is 2.73 bits per heavy atom. The summed E-state index contributed by atoms with van der Waals surface area (Å²) in [6, 6.07) is 8.13. The molecule has 0 radical (unpaired) electrons. The number of hydrogen-bond acceptors (Lipinski definition) is 7. The molecule has 2 aliphatic heterocycles. The minimum absolute atomic E-state index is 0.0232. The molecule has 1 amide bonds. The van der Waals surface area contributed by atoms with Crippen LogP contribution in [0.3, 0.4) is 0 Å². The minimum atomic E-state index is -0.793. The van der Waals surface area contributed by atoms with Gasteiger partial charge >= 0.3 is 0 Å². The fourth-order valence-electron chi connectivity index (χ4n) is 4.67. The summed E-state index contributed by atoms with van der Waals surface area (Å²) in [5.41, 5.74) is 1.63. The average molecular weight is 450 g/mol. The molecule has 2 aliphatic rings. The van der Waals surface area contributed by atoms with E-state index in [-0.39, 0.29) is 11.3 Å². The van der Waals surface area contributed by atoms with Crippen LogP contribution >= 0.6 is 0 Å². The summed E-state index contributed by atoms with van der Waals surface area (Å²) in [5.74, 6) is -1.16. The lowest BCUT2D eigenvalue weighted by Gasteiger charge is -2.28. The molecule has 0 bridgehead atoms. The number of rotatable bonds is 6. The molecule has 5 rings (SSSR count). The highest BCUT2D eigenvalue weighted by Gasteiger charge is 2.47. The molecule has 1 atom stereocenters. The zero-order valence-electron chi connectivity index (χ0n) is 18.4. The van der Waals surface area contributed by atoms with Gasteiger partial charge in [-0.25, -0.2) is 4.98 Å². The van der Waals surface area contributed by atoms with E-state index in [9.17, 15) is 14.7 Å². The van der Waals surface area contributed by atoms with Crippen LogP contribution in [0.2, 0.25) is 0 Å². The van der Waals surface area contributed by atoms with Crippen molar-refractivity contribution in [2.24, 2.45) is 0 Å². The predicted molar refractivity (Wildman–Crippen MR) is 120 cm³/mol. The molecule has 0 unspecified atom stereocenters. The normalized spacial score (nSPS) is 21.4. The first-order valence-electron chi connectivity index (χ1n) is 11.1. The lowest BCUT2D eigenvalue weighted by molar-refractivity contribution is -0.140. The standard InChI is InChI=1S/C24H26N4O5/c1-16-20(27-9-3-2-7-18(27)25-16)22(29)19-21(17-6-4-13-33-17)28(24(31)23(19)30)10-5-8-26-11-14-32-15-12-26/h2-4,6-7,9,13,21,29H,5,8,10-12,14-15H2,1H3/t21-/m1/s1. The summed E-state index contributed by atoms with van der Waals surface area (Å²) < 4.78 is 12.7. The summed E-state index contributed by atoms with van der Waals surface area (Å²) in [6.45, 7) is 6.05. The fraction of sp³-hybridized carbons (Fsp3) is 0.375. The number of furan rings is 1. The van der Waals surface area contributed by atoms with Gasteiger partial charge in [-0.3, -0.25) is 18.9 Å². The zero-order valence-corrected chi connectivity index (χ0v) is 18.4. The third-order valence-electron chi connectivity index (χ3n) is 6.26. The Kier molecular flexibility index (Phi) is 5.74. The Balaban J connectivity index is 1.51. The first-order chi connectivity index (χ1) is 16.1. The Morgan fingerprint density at radius 2 is 1.97 bits per heavy atom. The van der Waals surface area contributed by atoms with Crippen LogP contribution < -0.4 is 0 Å². The number of aryl methyl sites for hydroxylation is 1. The Bertz CT molecular complexity index is 1210. The molecule has 9 nitrogen and oxygen atoms in total. The van der Waals surface area contributed by atoms with Crippen molar-refractivity contribution in [2.45, 2.75) is 19.4 Å². The number of carbonyl (C=O) groups excluding carboxylic acids is 2. The van der Waals surface area contributed by atoms with Crippen molar-refractivity contribution in [1.82, 2.24) is 19.2 Å². The van der Waals surface area contributed by atoms with Crippen LogP contribution in [0.4, 0.5) is 0 Å². The van der Waals surface area contributed by atoms with Gasteiger partial charge < -0.3 is 19.2 Å². The first kappa shape index (κ1) is 21.4. The van der Waals surface area contributed by atoms with Gasteiger partial charge in [-0.2, -0.15) is 0 Å². The quantitative estimate of drug-likeness (QED) is 0.350. The van der Waals surface area contributed by atoms with Crippen molar-refractivity contribution in [1.29, 1.82) is 0 Å². The maximum atomic E-state index is 13.2. The number of Topliss-reactive ketones (excluding diaryl/α,β-unsaturated/α-hetero) is 1. The number of imidazole rings is 1. The van der Waals surface area contributed by atoms with Crippen LogP contribution in [0, 0.1) is 6.92 Å². The van der Waals surface area contributed by atoms with E-state index in [4.69, 9.17) is 9.15 Å². The van der Waals surface area contributed by atoms with Gasteiger partial charge in [-0.1, -0.05) is 6.07 Å². The molecule has 3 aromatic rings. The fourth-order valence-corrected chi connectivity index (χ4v) is 4.67. The second-order valence-corrected chi connectivity index (χ2v) is 8.29. The summed E-state index contributed by atoms with van der Waals surface area (Å²) in [5, 5.41) is 11.3. The van der Waals surface area contributed by atoms with Crippen LogP contribution in [0.25, 0.3) is 11.4 Å². The summed E-state index contributed by atoms with van der Waals surface area (Å²) in [7, 11) is 0. The van der Waals surface area contributed by atoms with Crippen molar-refractivity contribution < 1.29 is 23.8 Å². The zero-order chi connectivity index (χ0) is 22.9. The maximum Gasteiger partial charge on any atom is 0.295 e. The molecular weight excluding hydrogens is 424 g/mol. The van der Waals surface area contributed by atoms with Gasteiger partial charge in [0.25, 0.3) is 11.7 Å². The largest absolute Gasteiger partial charge is 0.505 e. The number of aliphatic hydroxyl groups excluding tert-OH is 1. The van der Waals surface area contributed by atoms with Gasteiger partial charge in [0.2, 0.25) is 0 Å². The minimum Gasteiger partial charge on any atom is -0.505 e. The number of amides is 1. The van der Waals surface area contributed by atoms with Crippen LogP contribution in [-0.2, 0) is 14.3 Å². The van der Waals surface area contributed by atoms with Crippen molar-refractivity contribution in [3.8, 4) is 0 Å². The molecule has 2 saturated heterocycles. The Hall–Kier alpha value is -3.43. The lowest BCUT2D eigenvalue weighted by Crippen LogP contribution is -2.38. The molecule has 0 aliphatic carbocycles. The van der Waals surface area contributed by atoms with Gasteiger partial charge in [0.1, 0.15) is 23.1 Å². The highest BCUT2D eigenvalue weighted by Crippen LogP contribution is 2.40. The monoisotopic (exact) mass is 450 g/mol. The lowest BCUT2D eigenvalue weighted by atomic mass is 10.0. The molecule has 0 aromatic carbocycles. The van der Waals surface area contributed by atoms with E-state index in [0.29, 0.717) is 49.0 Å². The summed E-state index contributed by atoms with van der Waals surface area (Å²) in [6.07, 6.45) is 3.96. The van der Waals surface area contributed by atoms with E-state index in [1.54, 1.807) is 29.7 Å². The highest BCUT2D eigenvalue weighted by molar-refractivity contribution is 6.46. The highest BCUT2D eigenvalue weighted by atomic mass is 16.5. The Labute approximate surface area is 190 Å². The number of aliphatic hydroxyl groups is 1. The number of likely N-dealkylation sites (tertiary alicyclic amines) is 1. The second kappa shape index (κ2) is 8.84. The summed E-state index contributed by atoms with van der Waals surface area (Å²) >= 11 is 0. The molecule has 0 spiro atoms. The van der Waals surface area contributed by atoms with E-state index < -0.39 is 17.7 Å². The number of morpholine rings is 1. The second-order valence-electron chi connectivity index (χ2n) is 8.29. The molecule has 2 fully saturated rings. The van der Waals surface area contributed by atoms with E-state index >= 15 is 0 Å². The van der Waals surface area contributed by atoms with Gasteiger partial charge in [-0.15, -0.1) is 0 Å². The summed E-state index contributed by atoms with van der Waals surface area (Å²) in [4.78, 5) is 34.5. The molecular formula is C24H26N4O5. The van der Waals surface area contributed by atoms with Crippen LogP contribution in [-0.4, -0.2) is 75.4 Å². The van der Waals surface area contributed by atoms with Crippen molar-refractivity contribution in [3.05, 3.63) is 65.5 Å². The molecule has 1 N–H and O–H groups in total. The Morgan fingerprint density at radius 1 is 1.15 bits per heavy atom. The van der Waals surface area contributed by atoms with Gasteiger partial charge in [0.15, 0.2) is 5.76 Å². The van der Waals surface area contributed by atoms with Gasteiger partial charge in [0.05, 0.1) is 30.7 Å². The maximum absolute atomic E-state index is 13.2. The van der Waals surface area contributed by atoms with Gasteiger partial charge in [0, 0.05) is 32.4 Å². The van der Waals surface area contributed by atoms with Gasteiger partial charge in [-0.05, 0) is 37.6 Å². The average Bonchev–Trinajstić information content (AvgIpc) is 3.52. The third-order valence-corrected chi connectivity index (χ3v) is 6.26. The SMILES string of the molecule is Cc1nc2ccccn2c1C(O)=C1C(=O)C(=O)N(CCCN2CCOCC2)[C@@H]1c1ccco1. The molecule has 0 saturated carbocycles. The van der Waals surface area contributed by atoms with E-state index in [2.05, 4.69) is 9.88 Å². The number of ketones is 1. The van der Waals surface area contributed by atoms with Crippen molar-refractivity contribution >= 4 is 23.1 Å². The third kappa shape index (κ3) is 3.83. The van der Waals surface area contributed by atoms with E-state index in [0.717, 1.165) is 19.6 Å². The number of pyridine rings is 1. The van der Waals surface area contributed by atoms with Crippen LogP contribution in [0.5, 0.6) is 0 Å². The first-order valence-corrected chi connectivity index (χ1v) is 11.1.